The zero-order valence-corrected chi connectivity index (χ0v) is 10.3. The van der Waals surface area contributed by atoms with Gasteiger partial charge >= 0.3 is 0 Å². The van der Waals surface area contributed by atoms with Crippen LogP contribution in [0.3, 0.4) is 0 Å². The van der Waals surface area contributed by atoms with Crippen molar-refractivity contribution in [2.24, 2.45) is 0 Å². The number of benzene rings is 1. The van der Waals surface area contributed by atoms with Gasteiger partial charge in [-0.25, -0.2) is 4.39 Å². The third kappa shape index (κ3) is 3.46. The zero-order valence-electron chi connectivity index (χ0n) is 10.3. The Balaban J connectivity index is 2.78. The van der Waals surface area contributed by atoms with Crippen LogP contribution < -0.4 is 5.32 Å². The lowest BCUT2D eigenvalue weighted by atomic mass is 9.99. The minimum Gasteiger partial charge on any atom is -0.313 e. The van der Waals surface area contributed by atoms with Gasteiger partial charge in [-0.2, -0.15) is 0 Å². The van der Waals surface area contributed by atoms with E-state index in [9.17, 15) is 4.39 Å². The Morgan fingerprint density at radius 2 is 2.19 bits per heavy atom. The van der Waals surface area contributed by atoms with E-state index < -0.39 is 0 Å². The Bertz CT molecular complexity index is 371. The molecule has 0 aliphatic heterocycles. The predicted octanol–water partition coefficient (Wildman–Crippen LogP) is 3.75. The van der Waals surface area contributed by atoms with E-state index in [1.54, 1.807) is 13.0 Å². The first-order valence-electron chi connectivity index (χ1n) is 5.62. The van der Waals surface area contributed by atoms with Crippen LogP contribution in [0.25, 0.3) is 0 Å². The molecule has 1 rings (SSSR count). The molecule has 0 aromatic heterocycles. The van der Waals surface area contributed by atoms with Crippen LogP contribution in [-0.2, 0) is 0 Å². The Hall–Kier alpha value is -1.15. The summed E-state index contributed by atoms with van der Waals surface area (Å²) in [6, 6.07) is 5.63. The van der Waals surface area contributed by atoms with Gasteiger partial charge in [0.15, 0.2) is 0 Å². The van der Waals surface area contributed by atoms with E-state index in [1.807, 2.05) is 26.1 Å². The van der Waals surface area contributed by atoms with Gasteiger partial charge in [-0.3, -0.25) is 0 Å². The third-order valence-electron chi connectivity index (χ3n) is 2.81. The molecule has 1 aromatic rings. The fourth-order valence-electron chi connectivity index (χ4n) is 1.69. The second-order valence-corrected chi connectivity index (χ2v) is 4.35. The smallest absolute Gasteiger partial charge is 0.126 e. The first-order chi connectivity index (χ1) is 7.54. The number of aryl methyl sites for hydroxylation is 1. The minimum absolute atomic E-state index is 0.131. The molecule has 1 N–H and O–H groups in total. The van der Waals surface area contributed by atoms with Crippen molar-refractivity contribution < 1.29 is 4.39 Å². The Labute approximate surface area is 97.4 Å². The molecule has 88 valence electrons. The van der Waals surface area contributed by atoms with Crippen molar-refractivity contribution in [3.63, 3.8) is 0 Å². The van der Waals surface area contributed by atoms with Gasteiger partial charge in [0.05, 0.1) is 0 Å². The Morgan fingerprint density at radius 1 is 1.50 bits per heavy atom. The van der Waals surface area contributed by atoms with E-state index in [0.717, 1.165) is 24.0 Å². The second-order valence-electron chi connectivity index (χ2n) is 4.35. The third-order valence-corrected chi connectivity index (χ3v) is 2.81. The molecule has 0 saturated carbocycles. The molecule has 0 bridgehead atoms. The number of nitrogens with one attached hydrogen (secondary N) is 1. The topological polar surface area (TPSA) is 12.0 Å². The van der Waals surface area contributed by atoms with Crippen LogP contribution >= 0.6 is 0 Å². The molecule has 16 heavy (non-hydrogen) atoms. The normalized spacial score (nSPS) is 12.5. The van der Waals surface area contributed by atoms with Crippen LogP contribution in [0.15, 0.2) is 30.4 Å². The van der Waals surface area contributed by atoms with Crippen molar-refractivity contribution in [1.82, 2.24) is 5.32 Å². The highest BCUT2D eigenvalue weighted by atomic mass is 19.1. The lowest BCUT2D eigenvalue weighted by Crippen LogP contribution is -2.16. The summed E-state index contributed by atoms with van der Waals surface area (Å²) in [5, 5.41) is 3.21. The standard InChI is InChI=1S/C14H20FN/c1-10(2)5-8-14(16-4)12-7-6-11(3)13(15)9-12/h6-7,9,14,16H,1,5,8H2,2-4H3. The van der Waals surface area contributed by atoms with Crippen LogP contribution in [0, 0.1) is 12.7 Å². The van der Waals surface area contributed by atoms with Crippen LogP contribution in [-0.4, -0.2) is 7.05 Å². The first kappa shape index (κ1) is 12.9. The highest BCUT2D eigenvalue weighted by molar-refractivity contribution is 5.25. The van der Waals surface area contributed by atoms with Crippen molar-refractivity contribution in [3.05, 3.63) is 47.3 Å². The maximum atomic E-state index is 13.4. The molecule has 0 aliphatic carbocycles. The summed E-state index contributed by atoms with van der Waals surface area (Å²) in [6.45, 7) is 7.68. The molecule has 0 aliphatic rings. The number of rotatable bonds is 5. The lowest BCUT2D eigenvalue weighted by Gasteiger charge is -2.17. The first-order valence-corrected chi connectivity index (χ1v) is 5.62. The minimum atomic E-state index is -0.131. The zero-order chi connectivity index (χ0) is 12.1. The molecule has 0 amide bonds. The molecular formula is C14H20FN. The second kappa shape index (κ2) is 5.80. The fourth-order valence-corrected chi connectivity index (χ4v) is 1.69. The Kier molecular flexibility index (Phi) is 4.69. The van der Waals surface area contributed by atoms with Gasteiger partial charge < -0.3 is 5.32 Å². The molecule has 0 spiro atoms. The van der Waals surface area contributed by atoms with Crippen LogP contribution in [0.1, 0.15) is 36.9 Å². The van der Waals surface area contributed by atoms with Crippen molar-refractivity contribution in [3.8, 4) is 0 Å². The summed E-state index contributed by atoms with van der Waals surface area (Å²) in [7, 11) is 1.90. The van der Waals surface area contributed by atoms with Gasteiger partial charge in [0, 0.05) is 6.04 Å². The number of hydrogen-bond donors (Lipinski definition) is 1. The lowest BCUT2D eigenvalue weighted by molar-refractivity contribution is 0.540. The van der Waals surface area contributed by atoms with Crippen molar-refractivity contribution in [1.29, 1.82) is 0 Å². The van der Waals surface area contributed by atoms with E-state index >= 15 is 0 Å². The predicted molar refractivity (Wildman–Crippen MR) is 67.0 cm³/mol. The molecular weight excluding hydrogens is 201 g/mol. The summed E-state index contributed by atoms with van der Waals surface area (Å²) in [6.07, 6.45) is 1.91. The summed E-state index contributed by atoms with van der Waals surface area (Å²) in [4.78, 5) is 0. The molecule has 1 atom stereocenters. The summed E-state index contributed by atoms with van der Waals surface area (Å²) >= 11 is 0. The van der Waals surface area contributed by atoms with Gasteiger partial charge in [-0.05, 0) is 50.9 Å². The molecule has 2 heteroatoms. The number of allylic oxidation sites excluding steroid dienone is 1. The Morgan fingerprint density at radius 3 is 2.69 bits per heavy atom. The van der Waals surface area contributed by atoms with E-state index in [1.165, 1.54) is 0 Å². The van der Waals surface area contributed by atoms with Gasteiger partial charge in [0.2, 0.25) is 0 Å². The maximum absolute atomic E-state index is 13.4. The van der Waals surface area contributed by atoms with Gasteiger partial charge in [-0.15, -0.1) is 6.58 Å². The summed E-state index contributed by atoms with van der Waals surface area (Å²) in [5.41, 5.74) is 2.86. The summed E-state index contributed by atoms with van der Waals surface area (Å²) in [5.74, 6) is -0.131. The molecule has 1 nitrogen and oxygen atoms in total. The average Bonchev–Trinajstić information content (AvgIpc) is 2.23. The monoisotopic (exact) mass is 221 g/mol. The van der Waals surface area contributed by atoms with Crippen molar-refractivity contribution in [2.45, 2.75) is 32.7 Å². The molecule has 1 unspecified atom stereocenters. The molecule has 0 saturated heterocycles. The highest BCUT2D eigenvalue weighted by Crippen LogP contribution is 2.21. The van der Waals surface area contributed by atoms with E-state index in [2.05, 4.69) is 11.9 Å². The molecule has 0 fully saturated rings. The van der Waals surface area contributed by atoms with Gasteiger partial charge in [-0.1, -0.05) is 17.7 Å². The molecule has 0 radical (unpaired) electrons. The summed E-state index contributed by atoms with van der Waals surface area (Å²) < 4.78 is 13.4. The van der Waals surface area contributed by atoms with Gasteiger partial charge in [0.1, 0.15) is 5.82 Å². The van der Waals surface area contributed by atoms with Crippen molar-refractivity contribution >= 4 is 0 Å². The quantitative estimate of drug-likeness (QED) is 0.747. The number of hydrogen-bond acceptors (Lipinski definition) is 1. The van der Waals surface area contributed by atoms with E-state index in [4.69, 9.17) is 0 Å². The largest absolute Gasteiger partial charge is 0.313 e. The average molecular weight is 221 g/mol. The van der Waals surface area contributed by atoms with Crippen LogP contribution in [0.2, 0.25) is 0 Å². The van der Waals surface area contributed by atoms with Crippen molar-refractivity contribution in [2.75, 3.05) is 7.05 Å². The van der Waals surface area contributed by atoms with E-state index in [-0.39, 0.29) is 11.9 Å². The maximum Gasteiger partial charge on any atom is 0.126 e. The molecule has 1 aromatic carbocycles. The fraction of sp³-hybridized carbons (Fsp3) is 0.429. The van der Waals surface area contributed by atoms with Crippen LogP contribution in [0.5, 0.6) is 0 Å². The highest BCUT2D eigenvalue weighted by Gasteiger charge is 2.10. The molecule has 0 heterocycles. The van der Waals surface area contributed by atoms with Gasteiger partial charge in [0.25, 0.3) is 0 Å². The SMILES string of the molecule is C=C(C)CCC(NC)c1ccc(C)c(F)c1. The number of halogens is 1. The van der Waals surface area contributed by atoms with E-state index in [0.29, 0.717) is 5.56 Å². The van der Waals surface area contributed by atoms with Crippen LogP contribution in [0.4, 0.5) is 4.39 Å².